The molecule has 0 spiro atoms. The molecule has 2 N–H and O–H groups in total. The molecule has 1 aromatic rings. The predicted octanol–water partition coefficient (Wildman–Crippen LogP) is 2.45. The highest BCUT2D eigenvalue weighted by molar-refractivity contribution is 5.65. The Morgan fingerprint density at radius 1 is 1.47 bits per heavy atom. The number of benzene rings is 1. The largest absolute Gasteiger partial charge is 0.443 e. The first-order valence-electron chi connectivity index (χ1n) is 5.66. The summed E-state index contributed by atoms with van der Waals surface area (Å²) in [7, 11) is 0. The molecule has 2 atom stereocenters. The van der Waals surface area contributed by atoms with Crippen molar-refractivity contribution in [2.45, 2.75) is 18.6 Å². The quantitative estimate of drug-likeness (QED) is 0.839. The number of carbonyl (C=O) groups excluding carboxylic acids is 1. The van der Waals surface area contributed by atoms with Gasteiger partial charge in [-0.05, 0) is 23.8 Å². The Morgan fingerprint density at radius 2 is 2.21 bits per heavy atom. The number of amides is 1. The van der Waals surface area contributed by atoms with Crippen molar-refractivity contribution in [2.24, 2.45) is 5.73 Å². The van der Waals surface area contributed by atoms with Crippen LogP contribution in [-0.2, 0) is 9.47 Å². The normalized spacial score (nSPS) is 23.2. The molecule has 0 aromatic heterocycles. The third-order valence-corrected chi connectivity index (χ3v) is 2.83. The van der Waals surface area contributed by atoms with E-state index in [2.05, 4.69) is 6.58 Å². The van der Waals surface area contributed by atoms with E-state index in [0.29, 0.717) is 12.0 Å². The lowest BCUT2D eigenvalue weighted by Crippen LogP contribution is -2.34. The highest BCUT2D eigenvalue weighted by Gasteiger charge is 2.33. The van der Waals surface area contributed by atoms with Gasteiger partial charge in [0.25, 0.3) is 0 Å². The number of carbonyl (C=O) groups is 1. The lowest BCUT2D eigenvalue weighted by molar-refractivity contribution is -0.0594. The van der Waals surface area contributed by atoms with Crippen molar-refractivity contribution < 1.29 is 23.0 Å². The van der Waals surface area contributed by atoms with Crippen LogP contribution in [0.25, 0.3) is 0 Å². The molecule has 1 aromatic carbocycles. The fraction of sp³-hybridized carbons (Fsp3) is 0.308. The molecular weight excluding hydrogens is 256 g/mol. The van der Waals surface area contributed by atoms with Crippen LogP contribution in [-0.4, -0.2) is 18.8 Å². The molecule has 4 nitrogen and oxygen atoms in total. The van der Waals surface area contributed by atoms with Crippen LogP contribution < -0.4 is 5.73 Å². The first-order valence-corrected chi connectivity index (χ1v) is 5.66. The molecule has 0 unspecified atom stereocenters. The maximum atomic E-state index is 13.7. The van der Waals surface area contributed by atoms with Crippen molar-refractivity contribution in [1.29, 1.82) is 0 Å². The third-order valence-electron chi connectivity index (χ3n) is 2.83. The number of halogens is 2. The Morgan fingerprint density at radius 3 is 2.89 bits per heavy atom. The average Bonchev–Trinajstić information content (AvgIpc) is 2.32. The van der Waals surface area contributed by atoms with Crippen LogP contribution in [0.4, 0.5) is 13.6 Å². The van der Waals surface area contributed by atoms with E-state index in [1.807, 2.05) is 0 Å². The summed E-state index contributed by atoms with van der Waals surface area (Å²) in [4.78, 5) is 10.8. The number of primary amides is 1. The van der Waals surface area contributed by atoms with Gasteiger partial charge in [0.1, 0.15) is 23.8 Å². The molecule has 0 radical (unpaired) electrons. The number of hydrogen-bond acceptors (Lipinski definition) is 3. The van der Waals surface area contributed by atoms with E-state index in [4.69, 9.17) is 15.2 Å². The van der Waals surface area contributed by atoms with Gasteiger partial charge in [-0.1, -0.05) is 6.58 Å². The van der Waals surface area contributed by atoms with E-state index in [-0.39, 0.29) is 12.2 Å². The van der Waals surface area contributed by atoms with Gasteiger partial charge in [0.2, 0.25) is 0 Å². The molecule has 1 aliphatic heterocycles. The van der Waals surface area contributed by atoms with Gasteiger partial charge >= 0.3 is 6.09 Å². The molecule has 1 fully saturated rings. The number of rotatable bonds is 2. The summed E-state index contributed by atoms with van der Waals surface area (Å²) < 4.78 is 37.2. The van der Waals surface area contributed by atoms with Gasteiger partial charge in [-0.3, -0.25) is 0 Å². The van der Waals surface area contributed by atoms with E-state index in [9.17, 15) is 13.6 Å². The molecule has 1 aliphatic rings. The van der Waals surface area contributed by atoms with E-state index < -0.39 is 29.9 Å². The highest BCUT2D eigenvalue weighted by atomic mass is 19.1. The smallest absolute Gasteiger partial charge is 0.404 e. The molecular formula is C13H13F2NO3. The van der Waals surface area contributed by atoms with Gasteiger partial charge in [-0.25, -0.2) is 13.6 Å². The summed E-state index contributed by atoms with van der Waals surface area (Å²) in [5.74, 6) is -1.22. The second-order valence-corrected chi connectivity index (χ2v) is 4.33. The monoisotopic (exact) mass is 269 g/mol. The van der Waals surface area contributed by atoms with Crippen LogP contribution in [0.5, 0.6) is 0 Å². The van der Waals surface area contributed by atoms with Crippen LogP contribution >= 0.6 is 0 Å². The maximum Gasteiger partial charge on any atom is 0.404 e. The number of hydrogen-bond donors (Lipinski definition) is 1. The average molecular weight is 269 g/mol. The zero-order valence-corrected chi connectivity index (χ0v) is 10.1. The Hall–Kier alpha value is -1.95. The van der Waals surface area contributed by atoms with Gasteiger partial charge < -0.3 is 15.2 Å². The molecule has 2 rings (SSSR count). The van der Waals surface area contributed by atoms with E-state index in [1.165, 1.54) is 0 Å². The minimum Gasteiger partial charge on any atom is -0.443 e. The van der Waals surface area contributed by atoms with E-state index >= 15 is 0 Å². The molecule has 1 amide bonds. The Balaban J connectivity index is 2.31. The van der Waals surface area contributed by atoms with Crippen molar-refractivity contribution in [1.82, 2.24) is 0 Å². The van der Waals surface area contributed by atoms with Crippen molar-refractivity contribution in [2.75, 3.05) is 6.61 Å². The Labute approximate surface area is 108 Å². The highest BCUT2D eigenvalue weighted by Crippen LogP contribution is 2.34. The molecule has 0 aliphatic carbocycles. The van der Waals surface area contributed by atoms with Crippen LogP contribution in [0.1, 0.15) is 18.1 Å². The predicted molar refractivity (Wildman–Crippen MR) is 63.3 cm³/mol. The van der Waals surface area contributed by atoms with Crippen LogP contribution in [0.15, 0.2) is 30.4 Å². The fourth-order valence-electron chi connectivity index (χ4n) is 2.04. The minimum atomic E-state index is -0.995. The zero-order valence-electron chi connectivity index (χ0n) is 10.1. The summed E-state index contributed by atoms with van der Waals surface area (Å²) in [6, 6.07) is 3.02. The van der Waals surface area contributed by atoms with E-state index in [1.54, 1.807) is 0 Å². The van der Waals surface area contributed by atoms with Gasteiger partial charge in [0.15, 0.2) is 0 Å². The first-order chi connectivity index (χ1) is 8.97. The molecule has 1 saturated heterocycles. The number of nitrogens with two attached hydrogens (primary N) is 1. The number of ether oxygens (including phenoxy) is 2. The fourth-order valence-corrected chi connectivity index (χ4v) is 2.04. The van der Waals surface area contributed by atoms with Crippen molar-refractivity contribution in [3.8, 4) is 0 Å². The molecule has 0 bridgehead atoms. The topological polar surface area (TPSA) is 61.6 Å². The van der Waals surface area contributed by atoms with Crippen molar-refractivity contribution >= 4 is 6.09 Å². The van der Waals surface area contributed by atoms with Gasteiger partial charge in [0.05, 0.1) is 6.61 Å². The molecule has 102 valence electrons. The van der Waals surface area contributed by atoms with Crippen molar-refractivity contribution in [3.63, 3.8) is 0 Å². The Bertz CT molecular complexity index is 517. The van der Waals surface area contributed by atoms with Crippen LogP contribution in [0.3, 0.4) is 0 Å². The minimum absolute atomic E-state index is 0.00116. The van der Waals surface area contributed by atoms with Crippen molar-refractivity contribution in [3.05, 3.63) is 47.5 Å². The first kappa shape index (κ1) is 13.5. The molecule has 1 heterocycles. The lowest BCUT2D eigenvalue weighted by Gasteiger charge is -2.32. The third kappa shape index (κ3) is 3.08. The Kier molecular flexibility index (Phi) is 3.80. The summed E-state index contributed by atoms with van der Waals surface area (Å²) in [6.45, 7) is 3.91. The van der Waals surface area contributed by atoms with E-state index in [0.717, 1.165) is 18.2 Å². The maximum absolute atomic E-state index is 13.7. The molecule has 6 heteroatoms. The summed E-state index contributed by atoms with van der Waals surface area (Å²) in [5, 5.41) is 0. The summed E-state index contributed by atoms with van der Waals surface area (Å²) in [5.41, 5.74) is 5.66. The van der Waals surface area contributed by atoms with Gasteiger partial charge in [-0.15, -0.1) is 0 Å². The second kappa shape index (κ2) is 5.36. The standard InChI is InChI=1S/C13H13F2NO3/c1-7-4-11(19-13(16)17)12(18-6-7)9-5-8(14)2-3-10(9)15/h2-3,5,11-12H,1,4,6H2,(H2,16,17)/t11-,12+/m0/s1. The SMILES string of the molecule is C=C1CO[C@H](c2cc(F)ccc2F)[C@@H](OC(N)=O)C1. The summed E-state index contributed by atoms with van der Waals surface area (Å²) >= 11 is 0. The van der Waals surface area contributed by atoms with Gasteiger partial charge in [-0.2, -0.15) is 0 Å². The lowest BCUT2D eigenvalue weighted by atomic mass is 9.96. The molecule has 0 saturated carbocycles. The van der Waals surface area contributed by atoms with Gasteiger partial charge in [0, 0.05) is 12.0 Å². The second-order valence-electron chi connectivity index (χ2n) is 4.33. The van der Waals surface area contributed by atoms with Crippen LogP contribution in [0.2, 0.25) is 0 Å². The molecule has 19 heavy (non-hydrogen) atoms. The van der Waals surface area contributed by atoms with Crippen LogP contribution in [0, 0.1) is 11.6 Å². The summed E-state index contributed by atoms with van der Waals surface area (Å²) in [6.07, 6.45) is -2.40. The zero-order chi connectivity index (χ0) is 14.0.